The summed E-state index contributed by atoms with van der Waals surface area (Å²) in [5, 5.41) is 3.49. The minimum atomic E-state index is 0.257. The third-order valence-electron chi connectivity index (χ3n) is 2.45. The van der Waals surface area contributed by atoms with Gasteiger partial charge in [0, 0.05) is 12.1 Å². The van der Waals surface area contributed by atoms with E-state index in [4.69, 9.17) is 4.74 Å². The molecular formula is C13H29NO. The molecule has 2 heteroatoms. The van der Waals surface area contributed by atoms with Crippen LogP contribution in [-0.4, -0.2) is 24.8 Å². The molecule has 0 spiro atoms. The van der Waals surface area contributed by atoms with Crippen LogP contribution in [0.1, 0.15) is 60.3 Å². The highest BCUT2D eigenvalue weighted by Gasteiger charge is 2.06. The van der Waals surface area contributed by atoms with E-state index in [2.05, 4.69) is 39.9 Å². The average Bonchev–Trinajstić information content (AvgIpc) is 2.14. The van der Waals surface area contributed by atoms with Crippen LogP contribution in [0.5, 0.6) is 0 Å². The van der Waals surface area contributed by atoms with Crippen LogP contribution in [-0.2, 0) is 4.74 Å². The van der Waals surface area contributed by atoms with Crippen molar-refractivity contribution in [3.8, 4) is 0 Å². The number of hydrogen-bond acceptors (Lipinski definition) is 2. The standard InChI is InChI=1S/C13H29NO/c1-6-12(2)15-11-9-7-8-10-14-13(3,4)5/h12,14H,6-11H2,1-5H3. The SMILES string of the molecule is CCC(C)OCCCCCNC(C)(C)C. The van der Waals surface area contributed by atoms with E-state index in [1.165, 1.54) is 19.3 Å². The Morgan fingerprint density at radius 1 is 1.13 bits per heavy atom. The highest BCUT2D eigenvalue weighted by molar-refractivity contribution is 4.69. The van der Waals surface area contributed by atoms with Gasteiger partial charge in [-0.1, -0.05) is 6.92 Å². The molecule has 0 aromatic carbocycles. The predicted molar refractivity (Wildman–Crippen MR) is 67.3 cm³/mol. The van der Waals surface area contributed by atoms with Gasteiger partial charge in [-0.05, 0) is 59.9 Å². The molecular weight excluding hydrogens is 186 g/mol. The molecule has 1 N–H and O–H groups in total. The molecule has 0 aliphatic carbocycles. The van der Waals surface area contributed by atoms with Crippen molar-refractivity contribution >= 4 is 0 Å². The lowest BCUT2D eigenvalue weighted by atomic mass is 10.1. The molecule has 2 nitrogen and oxygen atoms in total. The van der Waals surface area contributed by atoms with Gasteiger partial charge < -0.3 is 10.1 Å². The van der Waals surface area contributed by atoms with Crippen molar-refractivity contribution in [3.05, 3.63) is 0 Å². The zero-order valence-corrected chi connectivity index (χ0v) is 11.2. The summed E-state index contributed by atoms with van der Waals surface area (Å²) in [6.45, 7) is 13.0. The third kappa shape index (κ3) is 11.8. The lowest BCUT2D eigenvalue weighted by Gasteiger charge is -2.20. The first-order valence-corrected chi connectivity index (χ1v) is 6.32. The van der Waals surface area contributed by atoms with Crippen LogP contribution in [0.4, 0.5) is 0 Å². The van der Waals surface area contributed by atoms with Crippen LogP contribution < -0.4 is 5.32 Å². The Bertz CT molecular complexity index is 140. The molecule has 92 valence electrons. The van der Waals surface area contributed by atoms with E-state index in [-0.39, 0.29) is 5.54 Å². The molecule has 0 aliphatic heterocycles. The van der Waals surface area contributed by atoms with Crippen molar-refractivity contribution in [3.63, 3.8) is 0 Å². The monoisotopic (exact) mass is 215 g/mol. The Kier molecular flexibility index (Phi) is 8.07. The molecule has 0 bridgehead atoms. The van der Waals surface area contributed by atoms with Gasteiger partial charge in [0.15, 0.2) is 0 Å². The van der Waals surface area contributed by atoms with Gasteiger partial charge in [-0.25, -0.2) is 0 Å². The second kappa shape index (κ2) is 8.12. The maximum atomic E-state index is 5.62. The molecule has 15 heavy (non-hydrogen) atoms. The summed E-state index contributed by atoms with van der Waals surface area (Å²) in [6.07, 6.45) is 5.25. The fraction of sp³-hybridized carbons (Fsp3) is 1.00. The first-order chi connectivity index (χ1) is 6.95. The van der Waals surface area contributed by atoms with Crippen molar-refractivity contribution in [1.82, 2.24) is 5.32 Å². The van der Waals surface area contributed by atoms with Crippen molar-refractivity contribution in [1.29, 1.82) is 0 Å². The smallest absolute Gasteiger partial charge is 0.0544 e. The molecule has 0 radical (unpaired) electrons. The molecule has 0 aliphatic rings. The van der Waals surface area contributed by atoms with E-state index < -0.39 is 0 Å². The molecule has 1 atom stereocenters. The average molecular weight is 215 g/mol. The largest absolute Gasteiger partial charge is 0.379 e. The van der Waals surface area contributed by atoms with Gasteiger partial charge in [-0.2, -0.15) is 0 Å². The maximum Gasteiger partial charge on any atom is 0.0544 e. The van der Waals surface area contributed by atoms with Crippen molar-refractivity contribution in [2.24, 2.45) is 0 Å². The van der Waals surface area contributed by atoms with Gasteiger partial charge in [0.05, 0.1) is 6.10 Å². The Labute approximate surface area is 95.8 Å². The summed E-state index contributed by atoms with van der Waals surface area (Å²) in [7, 11) is 0. The zero-order chi connectivity index (χ0) is 11.7. The van der Waals surface area contributed by atoms with Gasteiger partial charge in [-0.15, -0.1) is 0 Å². The molecule has 0 saturated heterocycles. The summed E-state index contributed by atoms with van der Waals surface area (Å²) >= 11 is 0. The number of nitrogens with one attached hydrogen (secondary N) is 1. The number of rotatable bonds is 8. The lowest BCUT2D eigenvalue weighted by Crippen LogP contribution is -2.36. The Morgan fingerprint density at radius 3 is 2.33 bits per heavy atom. The summed E-state index contributed by atoms with van der Waals surface area (Å²) in [5.74, 6) is 0. The van der Waals surface area contributed by atoms with Crippen LogP contribution >= 0.6 is 0 Å². The van der Waals surface area contributed by atoms with Gasteiger partial charge in [0.25, 0.3) is 0 Å². The fourth-order valence-electron chi connectivity index (χ4n) is 1.27. The topological polar surface area (TPSA) is 21.3 Å². The van der Waals surface area contributed by atoms with Crippen LogP contribution in [0.3, 0.4) is 0 Å². The van der Waals surface area contributed by atoms with Crippen LogP contribution in [0.2, 0.25) is 0 Å². The number of hydrogen-bond donors (Lipinski definition) is 1. The maximum absolute atomic E-state index is 5.62. The van der Waals surface area contributed by atoms with Crippen LogP contribution in [0, 0.1) is 0 Å². The Balaban J connectivity index is 3.12. The first-order valence-electron chi connectivity index (χ1n) is 6.32. The summed E-state index contributed by atoms with van der Waals surface area (Å²) < 4.78 is 5.62. The van der Waals surface area contributed by atoms with Gasteiger partial charge in [-0.3, -0.25) is 0 Å². The van der Waals surface area contributed by atoms with Crippen LogP contribution in [0.25, 0.3) is 0 Å². The molecule has 0 heterocycles. The minimum Gasteiger partial charge on any atom is -0.379 e. The van der Waals surface area contributed by atoms with Gasteiger partial charge in [0.2, 0.25) is 0 Å². The zero-order valence-electron chi connectivity index (χ0n) is 11.2. The summed E-state index contributed by atoms with van der Waals surface area (Å²) in [4.78, 5) is 0. The fourth-order valence-corrected chi connectivity index (χ4v) is 1.27. The summed E-state index contributed by atoms with van der Waals surface area (Å²) in [5.41, 5.74) is 0.257. The third-order valence-corrected chi connectivity index (χ3v) is 2.45. The molecule has 0 saturated carbocycles. The predicted octanol–water partition coefficient (Wildman–Crippen LogP) is 3.36. The van der Waals surface area contributed by atoms with Gasteiger partial charge in [0.1, 0.15) is 0 Å². The highest BCUT2D eigenvalue weighted by atomic mass is 16.5. The second-order valence-electron chi connectivity index (χ2n) is 5.33. The van der Waals surface area contributed by atoms with E-state index in [1.54, 1.807) is 0 Å². The summed E-state index contributed by atoms with van der Waals surface area (Å²) in [6, 6.07) is 0. The minimum absolute atomic E-state index is 0.257. The quantitative estimate of drug-likeness (QED) is 0.627. The van der Waals surface area contributed by atoms with E-state index in [1.807, 2.05) is 0 Å². The van der Waals surface area contributed by atoms with Crippen LogP contribution in [0.15, 0.2) is 0 Å². The molecule has 1 unspecified atom stereocenters. The Hall–Kier alpha value is -0.0800. The number of unbranched alkanes of at least 4 members (excludes halogenated alkanes) is 2. The molecule has 0 rings (SSSR count). The van der Waals surface area contributed by atoms with E-state index in [0.717, 1.165) is 19.6 Å². The first kappa shape index (κ1) is 14.9. The number of ether oxygens (including phenoxy) is 1. The van der Waals surface area contributed by atoms with Crippen molar-refractivity contribution < 1.29 is 4.74 Å². The Morgan fingerprint density at radius 2 is 1.80 bits per heavy atom. The molecule has 0 amide bonds. The second-order valence-corrected chi connectivity index (χ2v) is 5.33. The molecule has 0 aromatic heterocycles. The van der Waals surface area contributed by atoms with Crippen molar-refractivity contribution in [2.45, 2.75) is 71.9 Å². The lowest BCUT2D eigenvalue weighted by molar-refractivity contribution is 0.0608. The molecule has 0 aromatic rings. The van der Waals surface area contributed by atoms with Gasteiger partial charge >= 0.3 is 0 Å². The molecule has 0 fully saturated rings. The highest BCUT2D eigenvalue weighted by Crippen LogP contribution is 2.02. The van der Waals surface area contributed by atoms with E-state index >= 15 is 0 Å². The van der Waals surface area contributed by atoms with Crippen molar-refractivity contribution in [2.75, 3.05) is 13.2 Å². The van der Waals surface area contributed by atoms with E-state index in [9.17, 15) is 0 Å². The normalized spacial score (nSPS) is 14.2. The van der Waals surface area contributed by atoms with E-state index in [0.29, 0.717) is 6.10 Å².